The van der Waals surface area contributed by atoms with Crippen molar-refractivity contribution in [3.63, 3.8) is 0 Å². The van der Waals surface area contributed by atoms with Crippen LogP contribution < -0.4 is 0 Å². The van der Waals surface area contributed by atoms with Crippen molar-refractivity contribution in [1.29, 1.82) is 0 Å². The summed E-state index contributed by atoms with van der Waals surface area (Å²) in [4.78, 5) is 10.9. The lowest BCUT2D eigenvalue weighted by atomic mass is 10.1. The van der Waals surface area contributed by atoms with Gasteiger partial charge >= 0.3 is 5.97 Å². The molecule has 0 amide bonds. The summed E-state index contributed by atoms with van der Waals surface area (Å²) in [5, 5.41) is 10.2. The molecule has 1 unspecified atom stereocenters. The molecule has 1 aromatic heterocycles. The Morgan fingerprint density at radius 2 is 2.25 bits per heavy atom. The fraction of sp³-hybridized carbons (Fsp3) is 0.308. The molecule has 2 aromatic rings. The summed E-state index contributed by atoms with van der Waals surface area (Å²) in [5.41, 5.74) is 3.55. The van der Waals surface area contributed by atoms with Gasteiger partial charge in [0.05, 0.1) is 5.92 Å². The number of aromatic nitrogens is 1. The summed E-state index contributed by atoms with van der Waals surface area (Å²) in [6, 6.07) is 8.42. The maximum atomic E-state index is 10.9. The molecule has 2 heterocycles. The monoisotopic (exact) mass is 215 g/mol. The second-order valence-corrected chi connectivity index (χ2v) is 4.55. The van der Waals surface area contributed by atoms with E-state index in [-0.39, 0.29) is 5.92 Å². The number of benzene rings is 1. The topological polar surface area (TPSA) is 42.2 Å². The van der Waals surface area contributed by atoms with Crippen molar-refractivity contribution in [2.24, 2.45) is 5.92 Å². The molecule has 0 fully saturated rings. The summed E-state index contributed by atoms with van der Waals surface area (Å²) < 4.78 is 2.13. The fourth-order valence-electron chi connectivity index (χ4n) is 2.54. The molecule has 3 nitrogen and oxygen atoms in total. The Balaban J connectivity index is 2.12. The summed E-state index contributed by atoms with van der Waals surface area (Å²) in [7, 11) is 0. The van der Waals surface area contributed by atoms with E-state index in [0.29, 0.717) is 13.0 Å². The van der Waals surface area contributed by atoms with Gasteiger partial charge in [-0.05, 0) is 25.1 Å². The maximum Gasteiger partial charge on any atom is 0.308 e. The van der Waals surface area contributed by atoms with Crippen LogP contribution >= 0.6 is 0 Å². The number of carboxylic acids is 1. The predicted molar refractivity (Wildman–Crippen MR) is 61.5 cm³/mol. The molecular weight excluding hydrogens is 202 g/mol. The molecule has 0 spiro atoms. The van der Waals surface area contributed by atoms with E-state index in [9.17, 15) is 4.79 Å². The van der Waals surface area contributed by atoms with Crippen LogP contribution in [0.3, 0.4) is 0 Å². The Labute approximate surface area is 93.3 Å². The van der Waals surface area contributed by atoms with Crippen molar-refractivity contribution >= 4 is 16.9 Å². The van der Waals surface area contributed by atoms with Crippen molar-refractivity contribution in [3.05, 3.63) is 35.5 Å². The van der Waals surface area contributed by atoms with E-state index in [1.165, 1.54) is 10.9 Å². The number of hydrogen-bond acceptors (Lipinski definition) is 1. The van der Waals surface area contributed by atoms with Crippen LogP contribution in [0, 0.1) is 12.8 Å². The molecule has 1 aliphatic heterocycles. The Hall–Kier alpha value is -1.77. The standard InChI is InChI=1S/C13H13NO2/c1-8-2-3-12-9(4-8)5-11-6-10(13(15)16)7-14(11)12/h2-5,10H,6-7H2,1H3,(H,15,16). The maximum absolute atomic E-state index is 10.9. The molecule has 0 aliphatic carbocycles. The Morgan fingerprint density at radius 1 is 1.44 bits per heavy atom. The number of carbonyl (C=O) groups is 1. The van der Waals surface area contributed by atoms with Crippen LogP contribution in [0.4, 0.5) is 0 Å². The molecule has 1 aromatic carbocycles. The molecule has 16 heavy (non-hydrogen) atoms. The lowest BCUT2D eigenvalue weighted by molar-refractivity contribution is -0.141. The molecule has 82 valence electrons. The highest BCUT2D eigenvalue weighted by Gasteiger charge is 2.28. The van der Waals surface area contributed by atoms with Crippen molar-refractivity contribution in [1.82, 2.24) is 4.57 Å². The van der Waals surface area contributed by atoms with E-state index >= 15 is 0 Å². The molecule has 0 radical (unpaired) electrons. The molecule has 1 N–H and O–H groups in total. The van der Waals surface area contributed by atoms with Crippen LogP contribution in [-0.4, -0.2) is 15.6 Å². The first-order valence-corrected chi connectivity index (χ1v) is 5.47. The van der Waals surface area contributed by atoms with Crippen molar-refractivity contribution in [2.75, 3.05) is 0 Å². The molecule has 3 rings (SSSR count). The quantitative estimate of drug-likeness (QED) is 0.792. The van der Waals surface area contributed by atoms with Gasteiger partial charge in [0.15, 0.2) is 0 Å². The van der Waals surface area contributed by atoms with Crippen LogP contribution in [0.1, 0.15) is 11.3 Å². The summed E-state index contributed by atoms with van der Waals surface area (Å²) in [6.45, 7) is 2.68. The molecule has 1 atom stereocenters. The van der Waals surface area contributed by atoms with Crippen molar-refractivity contribution in [2.45, 2.75) is 19.9 Å². The van der Waals surface area contributed by atoms with Crippen LogP contribution in [0.5, 0.6) is 0 Å². The SMILES string of the molecule is Cc1ccc2c(c1)cc1n2CC(C(=O)O)C1. The van der Waals surface area contributed by atoms with Crippen LogP contribution in [0.25, 0.3) is 10.9 Å². The first-order chi connectivity index (χ1) is 7.65. The van der Waals surface area contributed by atoms with Crippen LogP contribution in [-0.2, 0) is 17.8 Å². The molecule has 0 bridgehead atoms. The van der Waals surface area contributed by atoms with Crippen LogP contribution in [0.15, 0.2) is 24.3 Å². The summed E-state index contributed by atoms with van der Waals surface area (Å²) >= 11 is 0. The third-order valence-corrected chi connectivity index (χ3v) is 3.35. The number of hydrogen-bond donors (Lipinski definition) is 1. The first kappa shape index (κ1) is 9.46. The van der Waals surface area contributed by atoms with Gasteiger partial charge in [0.1, 0.15) is 0 Å². The number of aliphatic carboxylic acids is 1. The minimum atomic E-state index is -0.691. The second-order valence-electron chi connectivity index (χ2n) is 4.55. The molecule has 0 saturated heterocycles. The van der Waals surface area contributed by atoms with Crippen molar-refractivity contribution < 1.29 is 9.90 Å². The third kappa shape index (κ3) is 1.24. The zero-order valence-corrected chi connectivity index (χ0v) is 9.10. The van der Waals surface area contributed by atoms with Gasteiger partial charge in [-0.25, -0.2) is 0 Å². The zero-order chi connectivity index (χ0) is 11.3. The average Bonchev–Trinajstić information content (AvgIpc) is 2.73. The van der Waals surface area contributed by atoms with E-state index < -0.39 is 5.97 Å². The molecule has 0 saturated carbocycles. The number of aryl methyl sites for hydroxylation is 1. The second kappa shape index (κ2) is 3.11. The third-order valence-electron chi connectivity index (χ3n) is 3.35. The van der Waals surface area contributed by atoms with Gasteiger partial charge in [0.25, 0.3) is 0 Å². The normalized spacial score (nSPS) is 18.9. The number of carboxylic acid groups (broad SMARTS) is 1. The van der Waals surface area contributed by atoms with Gasteiger partial charge in [-0.15, -0.1) is 0 Å². The summed E-state index contributed by atoms with van der Waals surface area (Å²) in [5.74, 6) is -0.940. The van der Waals surface area contributed by atoms with E-state index in [4.69, 9.17) is 5.11 Å². The van der Waals surface area contributed by atoms with Crippen LogP contribution in [0.2, 0.25) is 0 Å². The molecule has 3 heteroatoms. The van der Waals surface area contributed by atoms with Gasteiger partial charge in [-0.1, -0.05) is 11.6 Å². The minimum absolute atomic E-state index is 0.249. The first-order valence-electron chi connectivity index (χ1n) is 5.47. The number of nitrogens with zero attached hydrogens (tertiary/aromatic N) is 1. The Bertz CT molecular complexity index is 583. The highest BCUT2D eigenvalue weighted by molar-refractivity contribution is 5.83. The van der Waals surface area contributed by atoms with E-state index in [0.717, 1.165) is 11.2 Å². The smallest absolute Gasteiger partial charge is 0.308 e. The highest BCUT2D eigenvalue weighted by Crippen LogP contribution is 2.29. The van der Waals surface area contributed by atoms with Crippen molar-refractivity contribution in [3.8, 4) is 0 Å². The predicted octanol–water partition coefficient (Wildman–Crippen LogP) is 2.21. The number of fused-ring (bicyclic) bond motifs is 3. The van der Waals surface area contributed by atoms with Gasteiger partial charge in [-0.3, -0.25) is 4.79 Å². The van der Waals surface area contributed by atoms with Gasteiger partial charge in [0.2, 0.25) is 0 Å². The minimum Gasteiger partial charge on any atom is -0.481 e. The lowest BCUT2D eigenvalue weighted by Gasteiger charge is -2.04. The van der Waals surface area contributed by atoms with Gasteiger partial charge in [-0.2, -0.15) is 0 Å². The Morgan fingerprint density at radius 3 is 3.00 bits per heavy atom. The van der Waals surface area contributed by atoms with E-state index in [1.54, 1.807) is 0 Å². The summed E-state index contributed by atoms with van der Waals surface area (Å²) in [6.07, 6.45) is 0.656. The highest BCUT2D eigenvalue weighted by atomic mass is 16.4. The fourth-order valence-corrected chi connectivity index (χ4v) is 2.54. The lowest BCUT2D eigenvalue weighted by Crippen LogP contribution is -2.14. The largest absolute Gasteiger partial charge is 0.481 e. The molecular formula is C13H13NO2. The van der Waals surface area contributed by atoms with Gasteiger partial charge in [0, 0.05) is 29.6 Å². The average molecular weight is 215 g/mol. The zero-order valence-electron chi connectivity index (χ0n) is 9.10. The van der Waals surface area contributed by atoms with E-state index in [2.05, 4.69) is 35.8 Å². The van der Waals surface area contributed by atoms with E-state index in [1.807, 2.05) is 0 Å². The molecule has 1 aliphatic rings. The Kier molecular flexibility index (Phi) is 1.84. The van der Waals surface area contributed by atoms with Gasteiger partial charge < -0.3 is 9.67 Å². The number of rotatable bonds is 1.